The zero-order valence-corrected chi connectivity index (χ0v) is 10.2. The first kappa shape index (κ1) is 10.6. The minimum atomic E-state index is 0.418. The molecule has 0 N–H and O–H groups in total. The van der Waals surface area contributed by atoms with Gasteiger partial charge in [0.25, 0.3) is 0 Å². The molecule has 1 unspecified atom stereocenters. The van der Waals surface area contributed by atoms with E-state index in [1.807, 2.05) is 0 Å². The monoisotopic (exact) mass is 222 g/mol. The van der Waals surface area contributed by atoms with Gasteiger partial charge in [-0.1, -0.05) is 54.1 Å². The van der Waals surface area contributed by atoms with Crippen LogP contribution in [-0.2, 0) is 0 Å². The van der Waals surface area contributed by atoms with E-state index in [-0.39, 0.29) is 0 Å². The van der Waals surface area contributed by atoms with Crippen LogP contribution in [0.15, 0.2) is 60.7 Å². The van der Waals surface area contributed by atoms with E-state index in [1.165, 1.54) is 30.4 Å². The minimum absolute atomic E-state index is 0.418. The fourth-order valence-corrected chi connectivity index (χ4v) is 3.23. The number of benzene rings is 1. The Bertz CT molecular complexity index is 486. The van der Waals surface area contributed by atoms with Gasteiger partial charge in [0.1, 0.15) is 0 Å². The molecule has 0 aromatic heterocycles. The van der Waals surface area contributed by atoms with Crippen LogP contribution < -0.4 is 0 Å². The van der Waals surface area contributed by atoms with Gasteiger partial charge in [-0.3, -0.25) is 0 Å². The van der Waals surface area contributed by atoms with Crippen LogP contribution in [0, 0.1) is 5.41 Å². The van der Waals surface area contributed by atoms with Crippen molar-refractivity contribution < 1.29 is 0 Å². The molecule has 1 atom stereocenters. The summed E-state index contributed by atoms with van der Waals surface area (Å²) in [5.41, 5.74) is 4.91. The smallest absolute Gasteiger partial charge is 0.000694 e. The second kappa shape index (κ2) is 4.03. The predicted octanol–water partition coefficient (Wildman–Crippen LogP) is 4.76. The van der Waals surface area contributed by atoms with Gasteiger partial charge in [0.15, 0.2) is 0 Å². The lowest BCUT2D eigenvalue weighted by Gasteiger charge is -2.47. The first-order valence-electron chi connectivity index (χ1n) is 6.42. The molecular weight excluding hydrogens is 204 g/mol. The van der Waals surface area contributed by atoms with Crippen LogP contribution in [-0.4, -0.2) is 0 Å². The van der Waals surface area contributed by atoms with Crippen LogP contribution in [0.5, 0.6) is 0 Å². The normalized spacial score (nSPS) is 26.4. The highest BCUT2D eigenvalue weighted by Gasteiger charge is 2.42. The van der Waals surface area contributed by atoms with E-state index in [1.54, 1.807) is 5.57 Å². The molecule has 0 aliphatic heterocycles. The Balaban J connectivity index is 2.05. The highest BCUT2D eigenvalue weighted by atomic mass is 14.5. The first-order chi connectivity index (χ1) is 8.36. The number of rotatable bonds is 3. The molecule has 86 valence electrons. The molecule has 0 amide bonds. The molecule has 0 saturated heterocycles. The van der Waals surface area contributed by atoms with Gasteiger partial charge in [0.05, 0.1) is 0 Å². The van der Waals surface area contributed by atoms with E-state index in [2.05, 4.69) is 55.1 Å². The molecule has 0 spiro atoms. The number of hydrogen-bond acceptors (Lipinski definition) is 0. The molecule has 2 aliphatic rings. The van der Waals surface area contributed by atoms with Crippen molar-refractivity contribution in [3.8, 4) is 0 Å². The topological polar surface area (TPSA) is 0 Å². The summed E-state index contributed by atoms with van der Waals surface area (Å²) in [6.45, 7) is 3.92. The van der Waals surface area contributed by atoms with Crippen molar-refractivity contribution in [3.63, 3.8) is 0 Å². The third-order valence-electron chi connectivity index (χ3n) is 4.23. The highest BCUT2D eigenvalue weighted by molar-refractivity contribution is 5.80. The lowest BCUT2D eigenvalue weighted by atomic mass is 9.57. The molecule has 2 aliphatic carbocycles. The summed E-state index contributed by atoms with van der Waals surface area (Å²) in [4.78, 5) is 0. The van der Waals surface area contributed by atoms with Crippen LogP contribution in [0.3, 0.4) is 0 Å². The van der Waals surface area contributed by atoms with E-state index in [0.29, 0.717) is 5.41 Å². The minimum Gasteiger partial charge on any atom is -0.103 e. The molecule has 1 aromatic rings. The third-order valence-corrected chi connectivity index (χ3v) is 4.23. The lowest BCUT2D eigenvalue weighted by Crippen LogP contribution is -2.34. The summed E-state index contributed by atoms with van der Waals surface area (Å²) in [6, 6.07) is 10.8. The molecule has 1 fully saturated rings. The second-order valence-corrected chi connectivity index (χ2v) is 5.14. The SMILES string of the molecule is C=CCC12CC=CC(c3ccccc3)=C1CC2. The van der Waals surface area contributed by atoms with E-state index in [4.69, 9.17) is 0 Å². The summed E-state index contributed by atoms with van der Waals surface area (Å²) in [6.07, 6.45) is 11.7. The largest absolute Gasteiger partial charge is 0.103 e. The van der Waals surface area contributed by atoms with Gasteiger partial charge < -0.3 is 0 Å². The van der Waals surface area contributed by atoms with Gasteiger partial charge >= 0.3 is 0 Å². The van der Waals surface area contributed by atoms with Gasteiger partial charge in [0, 0.05) is 0 Å². The maximum atomic E-state index is 3.92. The van der Waals surface area contributed by atoms with Gasteiger partial charge in [-0.05, 0) is 42.2 Å². The number of allylic oxidation sites excluding steroid dienone is 5. The lowest BCUT2D eigenvalue weighted by molar-refractivity contribution is 0.244. The summed E-state index contributed by atoms with van der Waals surface area (Å²) in [5, 5.41) is 0. The summed E-state index contributed by atoms with van der Waals surface area (Å²) < 4.78 is 0. The molecule has 1 saturated carbocycles. The molecule has 0 radical (unpaired) electrons. The first-order valence-corrected chi connectivity index (χ1v) is 6.42. The Morgan fingerprint density at radius 3 is 2.71 bits per heavy atom. The van der Waals surface area contributed by atoms with Crippen LogP contribution in [0.4, 0.5) is 0 Å². The van der Waals surface area contributed by atoms with Gasteiger partial charge in [-0.2, -0.15) is 0 Å². The zero-order valence-electron chi connectivity index (χ0n) is 10.2. The Morgan fingerprint density at radius 1 is 1.24 bits per heavy atom. The Morgan fingerprint density at radius 2 is 2.06 bits per heavy atom. The Hall–Kier alpha value is -1.56. The quantitative estimate of drug-likeness (QED) is 0.647. The van der Waals surface area contributed by atoms with Gasteiger partial charge in [-0.25, -0.2) is 0 Å². The maximum absolute atomic E-state index is 3.92. The van der Waals surface area contributed by atoms with Crippen LogP contribution in [0.2, 0.25) is 0 Å². The van der Waals surface area contributed by atoms with Crippen LogP contribution in [0.1, 0.15) is 31.2 Å². The van der Waals surface area contributed by atoms with Crippen molar-refractivity contribution >= 4 is 5.57 Å². The molecule has 0 heteroatoms. The predicted molar refractivity (Wildman–Crippen MR) is 73.6 cm³/mol. The van der Waals surface area contributed by atoms with Gasteiger partial charge in [-0.15, -0.1) is 6.58 Å². The molecule has 0 heterocycles. The van der Waals surface area contributed by atoms with E-state index in [9.17, 15) is 0 Å². The fraction of sp³-hybridized carbons (Fsp3) is 0.294. The highest BCUT2D eigenvalue weighted by Crippen LogP contribution is 2.56. The fourth-order valence-electron chi connectivity index (χ4n) is 3.23. The third kappa shape index (κ3) is 1.59. The number of fused-ring (bicyclic) bond motifs is 1. The van der Waals surface area contributed by atoms with Crippen molar-refractivity contribution in [2.75, 3.05) is 0 Å². The molecule has 0 nitrogen and oxygen atoms in total. The van der Waals surface area contributed by atoms with E-state index in [0.717, 1.165) is 6.42 Å². The van der Waals surface area contributed by atoms with Gasteiger partial charge in [0.2, 0.25) is 0 Å². The summed E-state index contributed by atoms with van der Waals surface area (Å²) in [7, 11) is 0. The van der Waals surface area contributed by atoms with Crippen molar-refractivity contribution in [1.29, 1.82) is 0 Å². The van der Waals surface area contributed by atoms with E-state index < -0.39 is 0 Å². The van der Waals surface area contributed by atoms with Crippen LogP contribution >= 0.6 is 0 Å². The molecular formula is C17H18. The average molecular weight is 222 g/mol. The number of hydrogen-bond donors (Lipinski definition) is 0. The maximum Gasteiger partial charge on any atom is -0.000694 e. The van der Waals surface area contributed by atoms with Crippen molar-refractivity contribution in [2.24, 2.45) is 5.41 Å². The molecule has 3 rings (SSSR count). The molecule has 17 heavy (non-hydrogen) atoms. The van der Waals surface area contributed by atoms with Crippen molar-refractivity contribution in [2.45, 2.75) is 25.7 Å². The molecule has 0 bridgehead atoms. The van der Waals surface area contributed by atoms with Crippen LogP contribution in [0.25, 0.3) is 5.57 Å². The average Bonchev–Trinajstić information content (AvgIpc) is 2.35. The van der Waals surface area contributed by atoms with Crippen molar-refractivity contribution in [1.82, 2.24) is 0 Å². The Labute approximate surface area is 103 Å². The zero-order chi connectivity index (χ0) is 11.7. The van der Waals surface area contributed by atoms with Crippen molar-refractivity contribution in [3.05, 3.63) is 66.3 Å². The summed E-state index contributed by atoms with van der Waals surface area (Å²) >= 11 is 0. The molecule has 1 aromatic carbocycles. The summed E-state index contributed by atoms with van der Waals surface area (Å²) in [5.74, 6) is 0. The standard InChI is InChI=1S/C17H18/c1-2-11-17-12-6-9-15(16(17)10-13-17)14-7-4-3-5-8-14/h2-9H,1,10-13H2. The Kier molecular flexibility index (Phi) is 2.51. The van der Waals surface area contributed by atoms with E-state index >= 15 is 0 Å². The second-order valence-electron chi connectivity index (χ2n) is 5.14.